The van der Waals surface area contributed by atoms with Crippen molar-refractivity contribution in [2.45, 2.75) is 57.6 Å². The Bertz CT molecular complexity index is 1430. The summed E-state index contributed by atoms with van der Waals surface area (Å²) in [6.07, 6.45) is 1.80. The Hall–Kier alpha value is -3.66. The number of hydrogen-bond acceptors (Lipinski definition) is 4. The Kier molecular flexibility index (Phi) is 9.55. The van der Waals surface area contributed by atoms with Gasteiger partial charge in [-0.1, -0.05) is 93.8 Å². The number of nitrogens with zero attached hydrogens (tertiary/aromatic N) is 1. The zero-order chi connectivity index (χ0) is 28.7. The number of carbonyl (C=O) groups is 1. The van der Waals surface area contributed by atoms with Gasteiger partial charge in [-0.05, 0) is 61.1 Å². The maximum Gasteiger partial charge on any atom is 0.339 e. The lowest BCUT2D eigenvalue weighted by atomic mass is 9.74. The van der Waals surface area contributed by atoms with E-state index in [4.69, 9.17) is 4.74 Å². The average molecular weight is 544 g/mol. The molecule has 0 unspecified atom stereocenters. The Morgan fingerprint density at radius 3 is 2.05 bits per heavy atom. The summed E-state index contributed by atoms with van der Waals surface area (Å²) in [7, 11) is -4.04. The van der Waals surface area contributed by atoms with Crippen molar-refractivity contribution < 1.29 is 17.9 Å². The van der Waals surface area contributed by atoms with Crippen molar-refractivity contribution in [2.24, 2.45) is 5.41 Å². The highest BCUT2D eigenvalue weighted by Gasteiger charge is 2.52. The predicted molar refractivity (Wildman–Crippen MR) is 157 cm³/mol. The zero-order valence-corrected chi connectivity index (χ0v) is 24.2. The van der Waals surface area contributed by atoms with Crippen LogP contribution in [0.4, 0.5) is 0 Å². The van der Waals surface area contributed by atoms with E-state index in [1.54, 1.807) is 54.6 Å². The van der Waals surface area contributed by atoms with Crippen molar-refractivity contribution in [3.05, 3.63) is 114 Å². The highest BCUT2D eigenvalue weighted by Crippen LogP contribution is 2.40. The Morgan fingerprint density at radius 2 is 1.54 bits per heavy atom. The number of hydrogen-bond donors (Lipinski definition) is 0. The van der Waals surface area contributed by atoms with E-state index < -0.39 is 33.1 Å². The predicted octanol–water partition coefficient (Wildman–Crippen LogP) is 6.64. The normalized spacial score (nSPS) is 14.0. The molecule has 0 saturated carbocycles. The Labute approximate surface area is 233 Å². The maximum atomic E-state index is 14.2. The molecule has 0 aliphatic heterocycles. The van der Waals surface area contributed by atoms with E-state index in [1.807, 2.05) is 71.0 Å². The van der Waals surface area contributed by atoms with Crippen LogP contribution in [-0.2, 0) is 14.8 Å². The van der Waals surface area contributed by atoms with Gasteiger partial charge in [-0.25, -0.2) is 13.2 Å². The van der Waals surface area contributed by atoms with Crippen molar-refractivity contribution >= 4 is 16.0 Å². The van der Waals surface area contributed by atoms with E-state index in [0.717, 1.165) is 11.1 Å². The fourth-order valence-electron chi connectivity index (χ4n) is 4.68. The van der Waals surface area contributed by atoms with E-state index in [9.17, 15) is 13.2 Å². The fraction of sp³-hybridized carbons (Fsp3) is 0.303. The number of benzene rings is 3. The molecule has 204 valence electrons. The van der Waals surface area contributed by atoms with Crippen molar-refractivity contribution in [2.75, 3.05) is 6.54 Å². The van der Waals surface area contributed by atoms with Crippen LogP contribution < -0.4 is 0 Å². The lowest BCUT2D eigenvalue weighted by molar-refractivity contribution is -0.0490. The molecule has 0 aliphatic carbocycles. The van der Waals surface area contributed by atoms with Crippen molar-refractivity contribution in [1.29, 1.82) is 0 Å². The molecule has 0 aromatic heterocycles. The van der Waals surface area contributed by atoms with Crippen LogP contribution in [0.1, 0.15) is 55.6 Å². The molecule has 3 aromatic rings. The number of esters is 1. The van der Waals surface area contributed by atoms with Gasteiger partial charge in [-0.2, -0.15) is 4.31 Å². The van der Waals surface area contributed by atoms with Gasteiger partial charge in [0.15, 0.2) is 5.60 Å². The number of carbonyl (C=O) groups excluding carboxylic acids is 1. The molecule has 3 rings (SSSR count). The molecule has 3 aromatic carbocycles. The monoisotopic (exact) mass is 543 g/mol. The smallest absolute Gasteiger partial charge is 0.339 e. The van der Waals surface area contributed by atoms with Crippen LogP contribution in [0.15, 0.2) is 102 Å². The Balaban J connectivity index is 2.28. The van der Waals surface area contributed by atoms with Gasteiger partial charge in [-0.3, -0.25) is 0 Å². The van der Waals surface area contributed by atoms with Crippen LogP contribution in [0.25, 0.3) is 0 Å². The second-order valence-corrected chi connectivity index (χ2v) is 12.5. The molecule has 39 heavy (non-hydrogen) atoms. The average Bonchev–Trinajstić information content (AvgIpc) is 2.92. The van der Waals surface area contributed by atoms with Crippen LogP contribution in [-0.4, -0.2) is 36.9 Å². The number of aryl methyl sites for hydroxylation is 1. The van der Waals surface area contributed by atoms with Gasteiger partial charge in [-0.15, -0.1) is 6.58 Å². The fourth-order valence-corrected chi connectivity index (χ4v) is 6.50. The molecule has 0 spiro atoms. The van der Waals surface area contributed by atoms with Crippen LogP contribution in [0.5, 0.6) is 0 Å². The standard InChI is InChI=1S/C33H37NO4S/c1-7-25-34(39(36,37)29-21-19-26(3)20-22-29)31(32(4,5)6)33(8-2,24-23-27-15-11-9-12-16-27)38-30(35)28-17-13-10-14-18-28/h7,9-22,31H,1,8,25H2,2-6H3/t31-,33-/m0/s1. The quantitative estimate of drug-likeness (QED) is 0.172. The van der Waals surface area contributed by atoms with Crippen molar-refractivity contribution in [1.82, 2.24) is 4.31 Å². The molecule has 0 bridgehead atoms. The molecular formula is C33H37NO4S. The van der Waals surface area contributed by atoms with Crippen LogP contribution in [0.3, 0.4) is 0 Å². The number of ether oxygens (including phenoxy) is 1. The minimum absolute atomic E-state index is 0.00972. The van der Waals surface area contributed by atoms with E-state index in [0.29, 0.717) is 5.56 Å². The molecular weight excluding hydrogens is 506 g/mol. The lowest BCUT2D eigenvalue weighted by Crippen LogP contribution is -2.61. The van der Waals surface area contributed by atoms with Gasteiger partial charge >= 0.3 is 5.97 Å². The van der Waals surface area contributed by atoms with Crippen molar-refractivity contribution in [3.8, 4) is 11.8 Å². The minimum atomic E-state index is -4.04. The first-order valence-electron chi connectivity index (χ1n) is 13.0. The second kappa shape index (κ2) is 12.5. The van der Waals surface area contributed by atoms with Gasteiger partial charge in [0.2, 0.25) is 10.0 Å². The first-order chi connectivity index (χ1) is 18.4. The van der Waals surface area contributed by atoms with Gasteiger partial charge in [0.25, 0.3) is 0 Å². The summed E-state index contributed by atoms with van der Waals surface area (Å²) in [4.78, 5) is 13.7. The molecule has 0 N–H and O–H groups in total. The van der Waals surface area contributed by atoms with Crippen LogP contribution >= 0.6 is 0 Å². The van der Waals surface area contributed by atoms with Gasteiger partial charge in [0.05, 0.1) is 16.5 Å². The van der Waals surface area contributed by atoms with Gasteiger partial charge < -0.3 is 4.74 Å². The van der Waals surface area contributed by atoms with Crippen molar-refractivity contribution in [3.63, 3.8) is 0 Å². The summed E-state index contributed by atoms with van der Waals surface area (Å²) in [5, 5.41) is 0. The summed E-state index contributed by atoms with van der Waals surface area (Å²) in [5.74, 6) is 5.84. The molecule has 0 aliphatic rings. The Morgan fingerprint density at radius 1 is 0.974 bits per heavy atom. The maximum absolute atomic E-state index is 14.2. The zero-order valence-electron chi connectivity index (χ0n) is 23.3. The summed E-state index contributed by atoms with van der Waals surface area (Å²) in [6.45, 7) is 13.4. The van der Waals surface area contributed by atoms with E-state index >= 15 is 0 Å². The third-order valence-corrected chi connectivity index (χ3v) is 8.33. The largest absolute Gasteiger partial charge is 0.440 e. The first kappa shape index (κ1) is 29.9. The van der Waals surface area contributed by atoms with E-state index in [2.05, 4.69) is 18.4 Å². The van der Waals surface area contributed by atoms with E-state index in [-0.39, 0.29) is 17.9 Å². The third kappa shape index (κ3) is 7.06. The third-order valence-electron chi connectivity index (χ3n) is 6.49. The topological polar surface area (TPSA) is 63.7 Å². The minimum Gasteiger partial charge on any atom is -0.440 e. The first-order valence-corrected chi connectivity index (χ1v) is 14.4. The van der Waals surface area contributed by atoms with E-state index in [1.165, 1.54) is 4.31 Å². The molecule has 0 amide bonds. The van der Waals surface area contributed by atoms with Gasteiger partial charge in [0, 0.05) is 12.1 Å². The van der Waals surface area contributed by atoms with Crippen LogP contribution in [0, 0.1) is 24.2 Å². The molecule has 0 heterocycles. The molecule has 0 radical (unpaired) electrons. The lowest BCUT2D eigenvalue weighted by Gasteiger charge is -2.47. The summed E-state index contributed by atoms with van der Waals surface area (Å²) in [6, 6.07) is 23.9. The number of sulfonamides is 1. The summed E-state index contributed by atoms with van der Waals surface area (Å²) >= 11 is 0. The highest BCUT2D eigenvalue weighted by molar-refractivity contribution is 7.89. The van der Waals surface area contributed by atoms with Gasteiger partial charge in [0.1, 0.15) is 0 Å². The second-order valence-electron chi connectivity index (χ2n) is 10.6. The molecule has 5 nitrogen and oxygen atoms in total. The molecule has 2 atom stereocenters. The SMILES string of the molecule is C=CCN([C@@H](C(C)(C)C)[C@@](C#Cc1ccccc1)(CC)OC(=O)c1ccccc1)S(=O)(=O)c1ccc(C)cc1. The molecule has 6 heteroatoms. The summed E-state index contributed by atoms with van der Waals surface area (Å²) < 4.78 is 36.1. The molecule has 0 saturated heterocycles. The summed E-state index contributed by atoms with van der Waals surface area (Å²) in [5.41, 5.74) is -0.137. The van der Waals surface area contributed by atoms with Crippen LogP contribution in [0.2, 0.25) is 0 Å². The highest BCUT2D eigenvalue weighted by atomic mass is 32.2. The number of rotatable bonds is 9. The molecule has 0 fully saturated rings.